The predicted molar refractivity (Wildman–Crippen MR) is 70.0 cm³/mol. The van der Waals surface area contributed by atoms with Gasteiger partial charge in [-0.2, -0.15) is 5.10 Å². The Labute approximate surface area is 113 Å². The van der Waals surface area contributed by atoms with E-state index in [0.29, 0.717) is 6.54 Å². The molecule has 0 aliphatic rings. The second kappa shape index (κ2) is 5.52. The van der Waals surface area contributed by atoms with Crippen LogP contribution >= 0.6 is 23.2 Å². The van der Waals surface area contributed by atoms with Gasteiger partial charge >= 0.3 is 0 Å². The molecule has 1 aromatic heterocycles. The van der Waals surface area contributed by atoms with Gasteiger partial charge in [-0.15, -0.1) is 0 Å². The Balaban J connectivity index is 2.28. The van der Waals surface area contributed by atoms with Crippen LogP contribution in [0.5, 0.6) is 0 Å². The third-order valence-corrected chi connectivity index (χ3v) is 3.23. The fourth-order valence-corrected chi connectivity index (χ4v) is 1.75. The molecule has 0 fully saturated rings. The van der Waals surface area contributed by atoms with Crippen LogP contribution < -0.4 is 5.56 Å². The molecule has 0 atom stereocenters. The highest BCUT2D eigenvalue weighted by atomic mass is 35.5. The highest BCUT2D eigenvalue weighted by molar-refractivity contribution is 6.41. The van der Waals surface area contributed by atoms with E-state index in [0.717, 1.165) is 11.1 Å². The number of aliphatic hydroxyl groups excluding tert-OH is 1. The number of hydrogen-bond acceptors (Lipinski definition) is 3. The maximum absolute atomic E-state index is 11.8. The molecule has 1 aromatic carbocycles. The Kier molecular flexibility index (Phi) is 4.01. The number of rotatable bonds is 3. The summed E-state index contributed by atoms with van der Waals surface area (Å²) in [5, 5.41) is 13.0. The first-order chi connectivity index (χ1) is 8.61. The first-order valence-electron chi connectivity index (χ1n) is 5.21. The highest BCUT2D eigenvalue weighted by Crippen LogP contribution is 2.15. The van der Waals surface area contributed by atoms with Crippen molar-refractivity contribution in [3.8, 4) is 0 Å². The first-order valence-corrected chi connectivity index (χ1v) is 5.97. The van der Waals surface area contributed by atoms with Crippen molar-refractivity contribution in [1.29, 1.82) is 0 Å². The average molecular weight is 285 g/mol. The molecule has 0 saturated heterocycles. The van der Waals surface area contributed by atoms with Crippen LogP contribution in [0.4, 0.5) is 0 Å². The van der Waals surface area contributed by atoms with Crippen molar-refractivity contribution < 1.29 is 5.11 Å². The molecule has 0 saturated carbocycles. The summed E-state index contributed by atoms with van der Waals surface area (Å²) < 4.78 is 1.24. The van der Waals surface area contributed by atoms with Crippen molar-refractivity contribution in [2.24, 2.45) is 0 Å². The molecular formula is C12H10Cl2N2O2. The molecule has 2 aromatic rings. The minimum atomic E-state index is -0.421. The van der Waals surface area contributed by atoms with Gasteiger partial charge in [-0.1, -0.05) is 47.5 Å². The minimum Gasteiger partial charge on any atom is -0.392 e. The molecule has 18 heavy (non-hydrogen) atoms. The van der Waals surface area contributed by atoms with Crippen LogP contribution in [0.15, 0.2) is 35.3 Å². The number of aliphatic hydroxyl groups is 1. The Morgan fingerprint density at radius 2 is 1.78 bits per heavy atom. The molecule has 6 heteroatoms. The zero-order valence-corrected chi connectivity index (χ0v) is 10.8. The van der Waals surface area contributed by atoms with Crippen molar-refractivity contribution in [3.63, 3.8) is 0 Å². The van der Waals surface area contributed by atoms with Gasteiger partial charge in [-0.05, 0) is 11.1 Å². The van der Waals surface area contributed by atoms with Crippen LogP contribution in [-0.2, 0) is 13.2 Å². The van der Waals surface area contributed by atoms with E-state index < -0.39 is 5.56 Å². The molecule has 0 spiro atoms. The van der Waals surface area contributed by atoms with Crippen LogP contribution in [0.1, 0.15) is 11.1 Å². The number of hydrogen-bond donors (Lipinski definition) is 1. The molecule has 0 aliphatic carbocycles. The van der Waals surface area contributed by atoms with Crippen molar-refractivity contribution in [2.75, 3.05) is 0 Å². The van der Waals surface area contributed by atoms with Crippen LogP contribution in [0, 0.1) is 0 Å². The minimum absolute atomic E-state index is 0.00868. The van der Waals surface area contributed by atoms with Gasteiger partial charge in [0.2, 0.25) is 0 Å². The summed E-state index contributed by atoms with van der Waals surface area (Å²) in [6, 6.07) is 7.22. The summed E-state index contributed by atoms with van der Waals surface area (Å²) in [5.41, 5.74) is 1.28. The van der Waals surface area contributed by atoms with E-state index in [4.69, 9.17) is 28.3 Å². The van der Waals surface area contributed by atoms with Gasteiger partial charge in [-0.3, -0.25) is 4.79 Å². The highest BCUT2D eigenvalue weighted by Gasteiger charge is 2.07. The van der Waals surface area contributed by atoms with E-state index >= 15 is 0 Å². The summed E-state index contributed by atoms with van der Waals surface area (Å²) in [5.74, 6) is 0. The van der Waals surface area contributed by atoms with E-state index in [1.165, 1.54) is 10.9 Å². The quantitative estimate of drug-likeness (QED) is 0.939. The van der Waals surface area contributed by atoms with Crippen molar-refractivity contribution in [1.82, 2.24) is 9.78 Å². The fraction of sp³-hybridized carbons (Fsp3) is 0.167. The maximum atomic E-state index is 11.8. The lowest BCUT2D eigenvalue weighted by Gasteiger charge is -2.06. The largest absolute Gasteiger partial charge is 0.392 e. The molecule has 1 heterocycles. The maximum Gasteiger partial charge on any atom is 0.287 e. The van der Waals surface area contributed by atoms with Gasteiger partial charge in [-0.25, -0.2) is 4.68 Å². The number of benzene rings is 1. The summed E-state index contributed by atoms with van der Waals surface area (Å²) in [6.45, 7) is 0.298. The Morgan fingerprint density at radius 3 is 2.39 bits per heavy atom. The van der Waals surface area contributed by atoms with Gasteiger partial charge < -0.3 is 5.11 Å². The standard InChI is InChI=1S/C12H10Cl2N2O2/c13-10-5-15-16(12(18)11(10)14)6-8-1-3-9(7-17)4-2-8/h1-5,17H,6-7H2. The van der Waals surface area contributed by atoms with Gasteiger partial charge in [0, 0.05) is 0 Å². The third-order valence-electron chi connectivity index (χ3n) is 2.48. The van der Waals surface area contributed by atoms with Gasteiger partial charge in [0.25, 0.3) is 5.56 Å². The summed E-state index contributed by atoms with van der Waals surface area (Å²) in [6.07, 6.45) is 1.34. The molecule has 0 bridgehead atoms. The monoisotopic (exact) mass is 284 g/mol. The first kappa shape index (κ1) is 13.1. The van der Waals surface area contributed by atoms with E-state index in [2.05, 4.69) is 5.10 Å². The predicted octanol–water partition coefficient (Wildman–Crippen LogP) is 2.09. The second-order valence-corrected chi connectivity index (χ2v) is 4.53. The molecular weight excluding hydrogens is 275 g/mol. The zero-order chi connectivity index (χ0) is 13.1. The summed E-state index contributed by atoms with van der Waals surface area (Å²) in [7, 11) is 0. The second-order valence-electron chi connectivity index (χ2n) is 3.74. The molecule has 94 valence electrons. The smallest absolute Gasteiger partial charge is 0.287 e. The molecule has 0 aliphatic heterocycles. The molecule has 1 N–H and O–H groups in total. The van der Waals surface area contributed by atoms with Crippen molar-refractivity contribution >= 4 is 23.2 Å². The van der Waals surface area contributed by atoms with Gasteiger partial charge in [0.1, 0.15) is 5.02 Å². The number of aromatic nitrogens is 2. The van der Waals surface area contributed by atoms with Crippen LogP contribution in [-0.4, -0.2) is 14.9 Å². The Morgan fingerprint density at radius 1 is 1.17 bits per heavy atom. The van der Waals surface area contributed by atoms with Crippen molar-refractivity contribution in [2.45, 2.75) is 13.2 Å². The zero-order valence-electron chi connectivity index (χ0n) is 9.31. The summed E-state index contributed by atoms with van der Waals surface area (Å²) >= 11 is 11.5. The number of nitrogens with zero attached hydrogens (tertiary/aromatic N) is 2. The Hall–Kier alpha value is -1.36. The van der Waals surface area contributed by atoms with Crippen LogP contribution in [0.2, 0.25) is 10.0 Å². The SMILES string of the molecule is O=c1c(Cl)c(Cl)cnn1Cc1ccc(CO)cc1. The van der Waals surface area contributed by atoms with Gasteiger partial charge in [0.15, 0.2) is 0 Å². The average Bonchev–Trinajstić information content (AvgIpc) is 2.40. The van der Waals surface area contributed by atoms with E-state index in [-0.39, 0.29) is 16.7 Å². The lowest BCUT2D eigenvalue weighted by Crippen LogP contribution is -2.23. The molecule has 0 unspecified atom stereocenters. The Bertz CT molecular complexity index is 608. The normalized spacial score (nSPS) is 10.6. The molecule has 4 nitrogen and oxygen atoms in total. The topological polar surface area (TPSA) is 55.1 Å². The lowest BCUT2D eigenvalue weighted by molar-refractivity contribution is 0.282. The summed E-state index contributed by atoms with van der Waals surface area (Å²) in [4.78, 5) is 11.8. The number of halogens is 2. The fourth-order valence-electron chi connectivity index (χ4n) is 1.48. The molecule has 0 amide bonds. The van der Waals surface area contributed by atoms with E-state index in [1.807, 2.05) is 12.1 Å². The van der Waals surface area contributed by atoms with Crippen LogP contribution in [0.25, 0.3) is 0 Å². The lowest BCUT2D eigenvalue weighted by atomic mass is 10.1. The molecule has 2 rings (SSSR count). The van der Waals surface area contributed by atoms with Crippen LogP contribution in [0.3, 0.4) is 0 Å². The van der Waals surface area contributed by atoms with Gasteiger partial charge in [0.05, 0.1) is 24.4 Å². The van der Waals surface area contributed by atoms with E-state index in [1.54, 1.807) is 12.1 Å². The molecule has 0 radical (unpaired) electrons. The third kappa shape index (κ3) is 2.72. The van der Waals surface area contributed by atoms with E-state index in [9.17, 15) is 4.79 Å². The van der Waals surface area contributed by atoms with Crippen molar-refractivity contribution in [3.05, 3.63) is 62.0 Å².